The lowest BCUT2D eigenvalue weighted by atomic mass is 9.92. The van der Waals surface area contributed by atoms with Gasteiger partial charge < -0.3 is 0 Å². The van der Waals surface area contributed by atoms with Crippen LogP contribution in [0.15, 0.2) is 18.2 Å². The van der Waals surface area contributed by atoms with Crippen molar-refractivity contribution in [2.24, 2.45) is 0 Å². The van der Waals surface area contributed by atoms with Gasteiger partial charge in [-0.2, -0.15) is 12.6 Å². The second-order valence-corrected chi connectivity index (χ2v) is 5.91. The quantitative estimate of drug-likeness (QED) is 0.689. The van der Waals surface area contributed by atoms with E-state index in [0.717, 1.165) is 0 Å². The van der Waals surface area contributed by atoms with Crippen molar-refractivity contribution in [3.05, 3.63) is 34.9 Å². The highest BCUT2D eigenvalue weighted by molar-refractivity contribution is 7.81. The van der Waals surface area contributed by atoms with E-state index in [1.54, 1.807) is 0 Å². The zero-order valence-corrected chi connectivity index (χ0v) is 10.7. The highest BCUT2D eigenvalue weighted by Gasteiger charge is 2.17. The lowest BCUT2D eigenvalue weighted by Gasteiger charge is -2.22. The Morgan fingerprint density at radius 1 is 1.21 bits per heavy atom. The molecule has 0 aliphatic heterocycles. The predicted octanol–water partition coefficient (Wildman–Crippen LogP) is 4.28. The summed E-state index contributed by atoms with van der Waals surface area (Å²) in [5, 5.41) is 0. The number of hydrogen-bond donors (Lipinski definition) is 1. The largest absolute Gasteiger partial charge is 0.168 e. The first-order valence-corrected chi connectivity index (χ1v) is 5.60. The molecule has 0 heterocycles. The molecule has 0 bridgehead atoms. The van der Waals surface area contributed by atoms with Gasteiger partial charge in [-0.25, -0.2) is 0 Å². The van der Waals surface area contributed by atoms with Crippen LogP contribution in [-0.4, -0.2) is 0 Å². The molecule has 0 saturated carbocycles. The van der Waals surface area contributed by atoms with Crippen LogP contribution in [-0.2, 0) is 4.75 Å². The highest BCUT2D eigenvalue weighted by Crippen LogP contribution is 2.31. The molecule has 0 nitrogen and oxygen atoms in total. The average Bonchev–Trinajstić information content (AvgIpc) is 2.02. The van der Waals surface area contributed by atoms with Gasteiger partial charge in [0, 0.05) is 4.75 Å². The van der Waals surface area contributed by atoms with Crippen LogP contribution in [0.2, 0.25) is 0 Å². The summed E-state index contributed by atoms with van der Waals surface area (Å²) in [4.78, 5) is 0. The Labute approximate surface area is 93.1 Å². The number of hydrogen-bond acceptors (Lipinski definition) is 1. The molecular formula is C13H20S. The van der Waals surface area contributed by atoms with Crippen molar-refractivity contribution < 1.29 is 0 Å². The van der Waals surface area contributed by atoms with Crippen LogP contribution in [0.1, 0.15) is 50.3 Å². The Morgan fingerprint density at radius 2 is 1.79 bits per heavy atom. The van der Waals surface area contributed by atoms with E-state index in [9.17, 15) is 0 Å². The van der Waals surface area contributed by atoms with Crippen molar-refractivity contribution >= 4 is 12.6 Å². The van der Waals surface area contributed by atoms with E-state index in [1.165, 1.54) is 16.7 Å². The van der Waals surface area contributed by atoms with E-state index in [4.69, 9.17) is 0 Å². The molecule has 0 amide bonds. The van der Waals surface area contributed by atoms with Gasteiger partial charge in [0.05, 0.1) is 0 Å². The molecule has 0 aliphatic rings. The summed E-state index contributed by atoms with van der Waals surface area (Å²) in [5.74, 6) is 0.588. The minimum absolute atomic E-state index is 0.0466. The molecule has 0 fully saturated rings. The Balaban J connectivity index is 3.22. The second kappa shape index (κ2) is 3.98. The Bertz CT molecular complexity index is 318. The van der Waals surface area contributed by atoms with Gasteiger partial charge >= 0.3 is 0 Å². The number of benzene rings is 1. The Kier molecular flexibility index (Phi) is 3.31. The third-order valence-electron chi connectivity index (χ3n) is 2.59. The first-order chi connectivity index (χ1) is 6.32. The molecular weight excluding hydrogens is 188 g/mol. The SMILES string of the molecule is Cc1ccc(C(C)C)cc1C(C)(C)S. The molecule has 0 saturated heterocycles. The standard InChI is InChI=1S/C13H20S/c1-9(2)11-7-6-10(3)12(8-11)13(4,5)14/h6-9,14H,1-5H3. The molecule has 0 N–H and O–H groups in total. The fraction of sp³-hybridized carbons (Fsp3) is 0.538. The minimum Gasteiger partial charge on any atom is -0.168 e. The van der Waals surface area contributed by atoms with Crippen molar-refractivity contribution in [3.8, 4) is 0 Å². The maximum Gasteiger partial charge on any atom is 0.0324 e. The van der Waals surface area contributed by atoms with Gasteiger partial charge in [0.2, 0.25) is 0 Å². The summed E-state index contributed by atoms with van der Waals surface area (Å²) >= 11 is 4.63. The van der Waals surface area contributed by atoms with Crippen LogP contribution < -0.4 is 0 Å². The van der Waals surface area contributed by atoms with Crippen LogP contribution in [0.5, 0.6) is 0 Å². The van der Waals surface area contributed by atoms with E-state index >= 15 is 0 Å². The van der Waals surface area contributed by atoms with Crippen LogP contribution in [0.3, 0.4) is 0 Å². The summed E-state index contributed by atoms with van der Waals surface area (Å²) in [7, 11) is 0. The molecule has 0 unspecified atom stereocenters. The molecule has 0 aromatic heterocycles. The molecule has 1 aromatic carbocycles. The van der Waals surface area contributed by atoms with Gasteiger partial charge in [-0.15, -0.1) is 0 Å². The van der Waals surface area contributed by atoms with E-state index in [2.05, 4.69) is 65.4 Å². The highest BCUT2D eigenvalue weighted by atomic mass is 32.1. The topological polar surface area (TPSA) is 0 Å². The van der Waals surface area contributed by atoms with Gasteiger partial charge in [-0.3, -0.25) is 0 Å². The van der Waals surface area contributed by atoms with Crippen molar-refractivity contribution in [1.82, 2.24) is 0 Å². The summed E-state index contributed by atoms with van der Waals surface area (Å²) in [6.45, 7) is 10.9. The third kappa shape index (κ3) is 2.54. The summed E-state index contributed by atoms with van der Waals surface area (Å²) in [5.41, 5.74) is 4.06. The van der Waals surface area contributed by atoms with E-state index in [1.807, 2.05) is 0 Å². The molecule has 0 aliphatic carbocycles. The van der Waals surface area contributed by atoms with Crippen LogP contribution in [0, 0.1) is 6.92 Å². The fourth-order valence-corrected chi connectivity index (χ4v) is 1.90. The second-order valence-electron chi connectivity index (χ2n) is 4.79. The van der Waals surface area contributed by atoms with E-state index in [-0.39, 0.29) is 4.75 Å². The summed E-state index contributed by atoms with van der Waals surface area (Å²) in [6, 6.07) is 6.69. The lowest BCUT2D eigenvalue weighted by Crippen LogP contribution is -2.10. The molecule has 14 heavy (non-hydrogen) atoms. The van der Waals surface area contributed by atoms with Crippen LogP contribution in [0.25, 0.3) is 0 Å². The Morgan fingerprint density at radius 3 is 2.21 bits per heavy atom. The van der Waals surface area contributed by atoms with E-state index in [0.29, 0.717) is 5.92 Å². The van der Waals surface area contributed by atoms with Gasteiger partial charge in [-0.05, 0) is 43.4 Å². The monoisotopic (exact) mass is 208 g/mol. The third-order valence-corrected chi connectivity index (χ3v) is 2.83. The van der Waals surface area contributed by atoms with Crippen molar-refractivity contribution in [3.63, 3.8) is 0 Å². The van der Waals surface area contributed by atoms with E-state index < -0.39 is 0 Å². The summed E-state index contributed by atoms with van der Waals surface area (Å²) < 4.78 is -0.0466. The number of aryl methyl sites for hydroxylation is 1. The first-order valence-electron chi connectivity index (χ1n) is 5.16. The van der Waals surface area contributed by atoms with Gasteiger partial charge in [0.15, 0.2) is 0 Å². The number of rotatable bonds is 2. The van der Waals surface area contributed by atoms with Gasteiger partial charge in [-0.1, -0.05) is 32.0 Å². The fourth-order valence-electron chi connectivity index (χ4n) is 1.66. The van der Waals surface area contributed by atoms with Crippen LogP contribution in [0.4, 0.5) is 0 Å². The maximum atomic E-state index is 4.63. The van der Waals surface area contributed by atoms with Crippen molar-refractivity contribution in [1.29, 1.82) is 0 Å². The molecule has 0 spiro atoms. The zero-order valence-electron chi connectivity index (χ0n) is 9.76. The molecule has 0 radical (unpaired) electrons. The molecule has 78 valence electrons. The minimum atomic E-state index is -0.0466. The molecule has 1 aromatic rings. The summed E-state index contributed by atoms with van der Waals surface area (Å²) in [6.07, 6.45) is 0. The first kappa shape index (κ1) is 11.6. The zero-order chi connectivity index (χ0) is 10.9. The van der Waals surface area contributed by atoms with Crippen LogP contribution >= 0.6 is 12.6 Å². The predicted molar refractivity (Wildman–Crippen MR) is 67.3 cm³/mol. The average molecular weight is 208 g/mol. The number of thiol groups is 1. The molecule has 1 heteroatoms. The van der Waals surface area contributed by atoms with Gasteiger partial charge in [0.25, 0.3) is 0 Å². The lowest BCUT2D eigenvalue weighted by molar-refractivity contribution is 0.772. The maximum absolute atomic E-state index is 4.63. The Hall–Kier alpha value is -0.430. The van der Waals surface area contributed by atoms with Crippen molar-refractivity contribution in [2.45, 2.75) is 45.3 Å². The van der Waals surface area contributed by atoms with Gasteiger partial charge in [0.1, 0.15) is 0 Å². The molecule has 0 atom stereocenters. The smallest absolute Gasteiger partial charge is 0.0324 e. The molecule has 1 rings (SSSR count). The normalized spacial score (nSPS) is 12.2. The van der Waals surface area contributed by atoms with Crippen molar-refractivity contribution in [2.75, 3.05) is 0 Å².